The maximum absolute atomic E-state index is 13.6. The molecule has 0 saturated carbocycles. The standard InChI is InChI=1S/C25H20I2N2O2S/c1-15-8-7-9-16(2)22(15)28-25-29(19-10-5-4-6-11-19)24(30)21(32-25)13-17-12-18(26)14-20(27)23(17)31-3/h4-14H,1-3H3. The molecule has 1 aliphatic heterocycles. The molecule has 1 fully saturated rings. The molecule has 162 valence electrons. The summed E-state index contributed by atoms with van der Waals surface area (Å²) in [6.07, 6.45) is 1.90. The van der Waals surface area contributed by atoms with Crippen LogP contribution in [0.25, 0.3) is 6.08 Å². The van der Waals surface area contributed by atoms with Crippen LogP contribution in [0.4, 0.5) is 11.4 Å². The first kappa shape index (κ1) is 23.3. The molecule has 4 nitrogen and oxygen atoms in total. The number of methoxy groups -OCH3 is 1. The molecular weight excluding hydrogens is 646 g/mol. The van der Waals surface area contributed by atoms with Crippen LogP contribution in [0, 0.1) is 21.0 Å². The molecule has 3 aromatic carbocycles. The number of hydrogen-bond acceptors (Lipinski definition) is 4. The van der Waals surface area contributed by atoms with E-state index in [4.69, 9.17) is 9.73 Å². The van der Waals surface area contributed by atoms with Gasteiger partial charge in [-0.05, 0) is 112 Å². The van der Waals surface area contributed by atoms with Crippen molar-refractivity contribution in [2.45, 2.75) is 13.8 Å². The van der Waals surface area contributed by atoms with Crippen molar-refractivity contribution in [1.82, 2.24) is 0 Å². The van der Waals surface area contributed by atoms with Gasteiger partial charge >= 0.3 is 0 Å². The lowest BCUT2D eigenvalue weighted by Gasteiger charge is -2.16. The number of halogens is 2. The highest BCUT2D eigenvalue weighted by Gasteiger charge is 2.35. The van der Waals surface area contributed by atoms with Crippen molar-refractivity contribution in [3.8, 4) is 5.75 Å². The van der Waals surface area contributed by atoms with E-state index in [0.29, 0.717) is 10.1 Å². The van der Waals surface area contributed by atoms with Crippen molar-refractivity contribution in [2.75, 3.05) is 12.0 Å². The number of aliphatic imine (C=N–C) groups is 1. The molecule has 1 heterocycles. The van der Waals surface area contributed by atoms with Gasteiger partial charge in [0.05, 0.1) is 27.0 Å². The second-order valence-electron chi connectivity index (χ2n) is 7.23. The Balaban J connectivity index is 1.86. The molecule has 1 amide bonds. The van der Waals surface area contributed by atoms with Crippen molar-refractivity contribution in [1.29, 1.82) is 0 Å². The number of carbonyl (C=O) groups is 1. The zero-order chi connectivity index (χ0) is 22.8. The second-order valence-corrected chi connectivity index (χ2v) is 10.6. The van der Waals surface area contributed by atoms with Gasteiger partial charge in [0.25, 0.3) is 5.91 Å². The van der Waals surface area contributed by atoms with E-state index in [2.05, 4.69) is 51.2 Å². The molecule has 0 aliphatic carbocycles. The molecule has 0 bridgehead atoms. The van der Waals surface area contributed by atoms with E-state index in [1.54, 1.807) is 12.0 Å². The van der Waals surface area contributed by atoms with E-state index in [1.807, 2.05) is 74.5 Å². The van der Waals surface area contributed by atoms with Gasteiger partial charge in [0.15, 0.2) is 5.17 Å². The Morgan fingerprint density at radius 2 is 1.69 bits per heavy atom. The van der Waals surface area contributed by atoms with Crippen LogP contribution in [-0.4, -0.2) is 18.2 Å². The van der Waals surface area contributed by atoms with Crippen molar-refractivity contribution in [3.05, 3.63) is 89.4 Å². The smallest absolute Gasteiger partial charge is 0.271 e. The first-order valence-electron chi connectivity index (χ1n) is 9.86. The minimum Gasteiger partial charge on any atom is -0.495 e. The molecule has 3 aromatic rings. The van der Waals surface area contributed by atoms with E-state index < -0.39 is 0 Å². The Hall–Kier alpha value is -1.85. The predicted octanol–water partition coefficient (Wildman–Crippen LogP) is 7.33. The van der Waals surface area contributed by atoms with E-state index in [9.17, 15) is 4.79 Å². The Bertz CT molecular complexity index is 1240. The van der Waals surface area contributed by atoms with Crippen molar-refractivity contribution in [2.24, 2.45) is 4.99 Å². The Labute approximate surface area is 219 Å². The van der Waals surface area contributed by atoms with Gasteiger partial charge in [-0.2, -0.15) is 0 Å². The third-order valence-corrected chi connectivity index (χ3v) is 7.39. The Morgan fingerprint density at radius 3 is 2.34 bits per heavy atom. The number of nitrogens with zero attached hydrogens (tertiary/aromatic N) is 2. The summed E-state index contributed by atoms with van der Waals surface area (Å²) >= 11 is 5.93. The molecule has 0 atom stereocenters. The maximum Gasteiger partial charge on any atom is 0.271 e. The van der Waals surface area contributed by atoms with E-state index in [0.717, 1.165) is 41.0 Å². The zero-order valence-corrected chi connectivity index (χ0v) is 22.9. The summed E-state index contributed by atoms with van der Waals surface area (Å²) in [5, 5.41) is 0.643. The number of benzene rings is 3. The number of rotatable bonds is 4. The second kappa shape index (κ2) is 9.96. The third-order valence-electron chi connectivity index (χ3n) is 5.00. The van der Waals surface area contributed by atoms with Gasteiger partial charge in [-0.15, -0.1) is 0 Å². The van der Waals surface area contributed by atoms with Crippen molar-refractivity contribution >= 4 is 85.5 Å². The minimum atomic E-state index is -0.0953. The number of aryl methyl sites for hydroxylation is 2. The summed E-state index contributed by atoms with van der Waals surface area (Å²) in [5.41, 5.74) is 4.71. The number of carbonyl (C=O) groups excluding carboxylic acids is 1. The number of hydrogen-bond donors (Lipinski definition) is 0. The lowest BCUT2D eigenvalue weighted by Crippen LogP contribution is -2.28. The fraction of sp³-hybridized carbons (Fsp3) is 0.120. The number of para-hydroxylation sites is 2. The van der Waals surface area contributed by atoms with Gasteiger partial charge in [0.1, 0.15) is 5.75 Å². The Morgan fingerprint density at radius 1 is 1.00 bits per heavy atom. The molecule has 7 heteroatoms. The molecule has 0 aromatic heterocycles. The maximum atomic E-state index is 13.6. The van der Waals surface area contributed by atoms with Crippen LogP contribution in [-0.2, 0) is 4.79 Å². The predicted molar refractivity (Wildman–Crippen MR) is 151 cm³/mol. The third kappa shape index (κ3) is 4.74. The molecule has 1 aliphatic rings. The summed E-state index contributed by atoms with van der Waals surface area (Å²) in [5.74, 6) is 0.667. The fourth-order valence-corrected chi connectivity index (χ4v) is 6.56. The molecule has 0 unspecified atom stereocenters. The molecule has 4 rings (SSSR count). The summed E-state index contributed by atoms with van der Waals surface area (Å²) in [6, 6.07) is 19.8. The molecule has 32 heavy (non-hydrogen) atoms. The van der Waals surface area contributed by atoms with Gasteiger partial charge < -0.3 is 4.74 Å². The average molecular weight is 666 g/mol. The first-order chi connectivity index (χ1) is 15.4. The highest BCUT2D eigenvalue weighted by atomic mass is 127. The first-order valence-corrected chi connectivity index (χ1v) is 12.8. The highest BCUT2D eigenvalue weighted by Crippen LogP contribution is 2.40. The normalized spacial score (nSPS) is 16.3. The van der Waals surface area contributed by atoms with Crippen LogP contribution in [0.5, 0.6) is 5.75 Å². The summed E-state index contributed by atoms with van der Waals surface area (Å²) in [4.78, 5) is 20.8. The average Bonchev–Trinajstić information content (AvgIpc) is 3.06. The number of amides is 1. The van der Waals surface area contributed by atoms with E-state index in [1.165, 1.54) is 11.8 Å². The van der Waals surface area contributed by atoms with Gasteiger partial charge in [-0.3, -0.25) is 9.69 Å². The Kier molecular flexibility index (Phi) is 7.26. The molecule has 1 saturated heterocycles. The molecular formula is C25H20I2N2O2S. The number of ether oxygens (including phenoxy) is 1. The number of thioether (sulfide) groups is 1. The van der Waals surface area contributed by atoms with Crippen LogP contribution in [0.2, 0.25) is 0 Å². The number of anilines is 1. The van der Waals surface area contributed by atoms with Crippen LogP contribution < -0.4 is 9.64 Å². The van der Waals surface area contributed by atoms with Crippen molar-refractivity contribution in [3.63, 3.8) is 0 Å². The summed E-state index contributed by atoms with van der Waals surface area (Å²) < 4.78 is 7.71. The van der Waals surface area contributed by atoms with Crippen LogP contribution >= 0.6 is 56.9 Å². The van der Waals surface area contributed by atoms with Crippen molar-refractivity contribution < 1.29 is 9.53 Å². The van der Waals surface area contributed by atoms with Gasteiger partial charge in [-0.25, -0.2) is 4.99 Å². The van der Waals surface area contributed by atoms with Gasteiger partial charge in [0.2, 0.25) is 0 Å². The lowest BCUT2D eigenvalue weighted by molar-refractivity contribution is -0.113. The number of amidine groups is 1. The van der Waals surface area contributed by atoms with E-state index >= 15 is 0 Å². The summed E-state index contributed by atoms with van der Waals surface area (Å²) in [6.45, 7) is 4.08. The zero-order valence-electron chi connectivity index (χ0n) is 17.7. The largest absolute Gasteiger partial charge is 0.495 e. The lowest BCUT2D eigenvalue weighted by atomic mass is 10.1. The van der Waals surface area contributed by atoms with Gasteiger partial charge in [-0.1, -0.05) is 36.4 Å². The van der Waals surface area contributed by atoms with Crippen LogP contribution in [0.3, 0.4) is 0 Å². The molecule has 0 N–H and O–H groups in total. The fourth-order valence-electron chi connectivity index (χ4n) is 3.48. The van der Waals surface area contributed by atoms with Crippen LogP contribution in [0.1, 0.15) is 16.7 Å². The minimum absolute atomic E-state index is 0.0953. The quantitative estimate of drug-likeness (QED) is 0.217. The van der Waals surface area contributed by atoms with Crippen LogP contribution in [0.15, 0.2) is 70.6 Å². The summed E-state index contributed by atoms with van der Waals surface area (Å²) in [7, 11) is 1.65. The monoisotopic (exact) mass is 666 g/mol. The topological polar surface area (TPSA) is 41.9 Å². The SMILES string of the molecule is COc1c(I)cc(I)cc1C=C1SC(=Nc2c(C)cccc2C)N(c2ccccc2)C1=O. The molecule has 0 spiro atoms. The highest BCUT2D eigenvalue weighted by molar-refractivity contribution is 14.1. The van der Waals surface area contributed by atoms with E-state index in [-0.39, 0.29) is 5.91 Å². The molecule has 0 radical (unpaired) electrons. The van der Waals surface area contributed by atoms with Gasteiger partial charge in [0, 0.05) is 9.13 Å².